The van der Waals surface area contributed by atoms with Crippen molar-refractivity contribution < 1.29 is 76.3 Å². The molecule has 0 aliphatic carbocycles. The Morgan fingerprint density at radius 2 is 0.615 bits per heavy atom. The Hall–Kier alpha value is -6.84. The molecular formula is C49H60O16. The van der Waals surface area contributed by atoms with Crippen molar-refractivity contribution >= 4 is 47.8 Å². The Morgan fingerprint density at radius 1 is 0.385 bits per heavy atom. The number of esters is 8. The third-order valence-electron chi connectivity index (χ3n) is 10.0. The van der Waals surface area contributed by atoms with Crippen molar-refractivity contribution in [2.24, 2.45) is 10.8 Å². The fourth-order valence-electron chi connectivity index (χ4n) is 6.54. The highest BCUT2D eigenvalue weighted by Crippen LogP contribution is 2.40. The van der Waals surface area contributed by atoms with Crippen molar-refractivity contribution in [3.8, 4) is 11.5 Å². The Bertz CT molecular complexity index is 1910. The molecule has 0 N–H and O–H groups in total. The third-order valence-corrected chi connectivity index (χ3v) is 10.0. The molecule has 16 heteroatoms. The quantitative estimate of drug-likeness (QED) is 0.0307. The molecule has 0 spiro atoms. The van der Waals surface area contributed by atoms with E-state index < -0.39 is 89.7 Å². The molecule has 16 nitrogen and oxygen atoms in total. The highest BCUT2D eigenvalue weighted by atomic mass is 16.6. The van der Waals surface area contributed by atoms with Crippen molar-refractivity contribution in [2.75, 3.05) is 39.6 Å². The van der Waals surface area contributed by atoms with Gasteiger partial charge in [0.25, 0.3) is 0 Å². The Morgan fingerprint density at radius 3 is 0.831 bits per heavy atom. The van der Waals surface area contributed by atoms with Crippen molar-refractivity contribution in [1.29, 1.82) is 0 Å². The van der Waals surface area contributed by atoms with Crippen LogP contribution in [0.1, 0.15) is 92.2 Å². The molecule has 2 aromatic carbocycles. The van der Waals surface area contributed by atoms with E-state index in [0.717, 1.165) is 11.1 Å². The second-order valence-electron chi connectivity index (χ2n) is 15.1. The number of hydrogen-bond acceptors (Lipinski definition) is 16. The zero-order chi connectivity index (χ0) is 49.1. The van der Waals surface area contributed by atoms with Gasteiger partial charge in [0.15, 0.2) is 10.8 Å². The second-order valence-corrected chi connectivity index (χ2v) is 15.1. The summed E-state index contributed by atoms with van der Waals surface area (Å²) < 4.78 is 42.2. The summed E-state index contributed by atoms with van der Waals surface area (Å²) in [7, 11) is 0. The minimum atomic E-state index is -2.29. The van der Waals surface area contributed by atoms with Crippen LogP contribution >= 0.6 is 0 Å². The molecule has 0 aromatic heterocycles. The highest BCUT2D eigenvalue weighted by Gasteiger charge is 2.53. The van der Waals surface area contributed by atoms with E-state index in [1.54, 1.807) is 52.0 Å². The number of carbonyl (C=O) groups excluding carboxylic acids is 8. The lowest BCUT2D eigenvalue weighted by molar-refractivity contribution is -0.169. The molecule has 2 aromatic rings. The van der Waals surface area contributed by atoms with Crippen LogP contribution in [0.2, 0.25) is 0 Å². The molecule has 0 heterocycles. The minimum Gasteiger partial charge on any atom is -0.465 e. The first kappa shape index (κ1) is 54.3. The van der Waals surface area contributed by atoms with Gasteiger partial charge in [-0.3, -0.25) is 19.2 Å². The first-order valence-corrected chi connectivity index (χ1v) is 21.0. The predicted octanol–water partition coefficient (Wildman–Crippen LogP) is 6.96. The van der Waals surface area contributed by atoms with Gasteiger partial charge in [0.1, 0.15) is 11.5 Å². The number of carbonyl (C=O) groups is 8. The molecule has 0 atom stereocenters. The summed E-state index contributed by atoms with van der Waals surface area (Å²) in [6, 6.07) is 12.7. The lowest BCUT2D eigenvalue weighted by Crippen LogP contribution is -2.45. The van der Waals surface area contributed by atoms with Gasteiger partial charge in [-0.15, -0.1) is 0 Å². The van der Waals surface area contributed by atoms with E-state index in [9.17, 15) is 38.4 Å². The summed E-state index contributed by atoms with van der Waals surface area (Å²) in [6.07, 6.45) is -2.47. The largest absolute Gasteiger partial charge is 0.465 e. The molecule has 0 bridgehead atoms. The molecule has 0 saturated carbocycles. The van der Waals surface area contributed by atoms with Crippen molar-refractivity contribution in [3.63, 3.8) is 0 Å². The molecule has 0 amide bonds. The summed E-state index contributed by atoms with van der Waals surface area (Å²) >= 11 is 0. The maximum atomic E-state index is 14.1. The van der Waals surface area contributed by atoms with E-state index >= 15 is 0 Å². The standard InChI is InChI=1S/C49H60O16/c1-13-58-39(50)31(7)27-48(43(54)62-17-5,28-32(8)40(51)59-14-2)45(56)64-37-23-19-35(20-24-37)47(11,12)36-21-25-38(26-22-36)65-46(57)49(44(55)63-18-6,29-33(9)41(52)60-15-3)30-34(10)42(53)61-16-4/h19-26H,7-10,13-18,27-30H2,1-6,11-12H3. The summed E-state index contributed by atoms with van der Waals surface area (Å²) in [5, 5.41) is 0. The summed E-state index contributed by atoms with van der Waals surface area (Å²) in [6.45, 7) is 27.7. The van der Waals surface area contributed by atoms with Crippen molar-refractivity contribution in [3.05, 3.63) is 108 Å². The van der Waals surface area contributed by atoms with Gasteiger partial charge in [0.2, 0.25) is 0 Å². The van der Waals surface area contributed by atoms with Gasteiger partial charge in [-0.05, 0) is 76.9 Å². The van der Waals surface area contributed by atoms with Crippen molar-refractivity contribution in [2.45, 2.75) is 86.5 Å². The molecule has 0 aliphatic heterocycles. The molecule has 0 radical (unpaired) electrons. The minimum absolute atomic E-state index is 0.00446. The summed E-state index contributed by atoms with van der Waals surface area (Å²) in [4.78, 5) is 106. The molecule has 0 fully saturated rings. The average Bonchev–Trinajstić information content (AvgIpc) is 3.26. The Labute approximate surface area is 379 Å². The van der Waals surface area contributed by atoms with Crippen molar-refractivity contribution in [1.82, 2.24) is 0 Å². The van der Waals surface area contributed by atoms with Crippen LogP contribution in [0.5, 0.6) is 11.5 Å². The van der Waals surface area contributed by atoms with E-state index in [0.29, 0.717) is 0 Å². The van der Waals surface area contributed by atoms with Crippen LogP contribution in [0.25, 0.3) is 0 Å². The number of rotatable bonds is 26. The lowest BCUT2D eigenvalue weighted by atomic mass is 9.76. The highest BCUT2D eigenvalue weighted by molar-refractivity contribution is 6.06. The molecule has 0 saturated heterocycles. The zero-order valence-electron chi connectivity index (χ0n) is 38.6. The van der Waals surface area contributed by atoms with Gasteiger partial charge in [0, 0.05) is 53.4 Å². The molecular weight excluding hydrogens is 845 g/mol. The molecule has 0 aliphatic rings. The van der Waals surface area contributed by atoms with Gasteiger partial charge >= 0.3 is 47.8 Å². The summed E-state index contributed by atoms with van der Waals surface area (Å²) in [5.41, 5.74) is -4.84. The van der Waals surface area contributed by atoms with E-state index in [1.165, 1.54) is 38.1 Å². The number of ether oxygens (including phenoxy) is 8. The first-order chi connectivity index (χ1) is 30.6. The molecule has 352 valence electrons. The van der Waals surface area contributed by atoms with Gasteiger partial charge in [-0.1, -0.05) is 64.4 Å². The number of benzene rings is 2. The van der Waals surface area contributed by atoms with Gasteiger partial charge < -0.3 is 37.9 Å². The normalized spacial score (nSPS) is 11.2. The maximum Gasteiger partial charge on any atom is 0.333 e. The predicted molar refractivity (Wildman–Crippen MR) is 236 cm³/mol. The van der Waals surface area contributed by atoms with Crippen LogP contribution in [0.4, 0.5) is 0 Å². The topological polar surface area (TPSA) is 210 Å². The van der Waals surface area contributed by atoms with E-state index in [4.69, 9.17) is 37.9 Å². The van der Waals surface area contributed by atoms with Gasteiger partial charge in [0.05, 0.1) is 39.6 Å². The van der Waals surface area contributed by atoms with Gasteiger partial charge in [-0.25, -0.2) is 19.2 Å². The van der Waals surface area contributed by atoms with E-state index in [1.807, 2.05) is 13.8 Å². The molecule has 2 rings (SSSR count). The Kier molecular flexibility index (Phi) is 20.8. The molecule has 0 unspecified atom stereocenters. The number of hydrogen-bond donors (Lipinski definition) is 0. The SMILES string of the molecule is C=C(CC(CC(=C)C(=O)OCC)(C(=O)OCC)C(=O)Oc1ccc(C(C)(C)c2ccc(OC(=O)C(CC(=C)C(=O)OCC)(CC(=C)C(=O)OCC)C(=O)OCC)cc2)cc1)C(=O)OCC. The van der Waals surface area contributed by atoms with Crippen LogP contribution in [-0.2, 0) is 72.2 Å². The smallest absolute Gasteiger partial charge is 0.333 e. The zero-order valence-corrected chi connectivity index (χ0v) is 38.6. The van der Waals surface area contributed by atoms with Crippen LogP contribution in [0.3, 0.4) is 0 Å². The van der Waals surface area contributed by atoms with Crippen LogP contribution in [0.15, 0.2) is 97.1 Å². The van der Waals surface area contributed by atoms with Crippen LogP contribution in [0, 0.1) is 10.8 Å². The first-order valence-electron chi connectivity index (χ1n) is 21.0. The second kappa shape index (κ2) is 24.9. The fraction of sp³-hybridized carbons (Fsp3) is 0.429. The van der Waals surface area contributed by atoms with Gasteiger partial charge in [-0.2, -0.15) is 0 Å². The average molecular weight is 905 g/mol. The van der Waals surface area contributed by atoms with E-state index in [-0.39, 0.29) is 73.4 Å². The van der Waals surface area contributed by atoms with E-state index in [2.05, 4.69) is 26.3 Å². The summed E-state index contributed by atoms with van der Waals surface area (Å²) in [5.74, 6) is -7.91. The monoisotopic (exact) mass is 904 g/mol. The lowest BCUT2D eigenvalue weighted by Gasteiger charge is -2.30. The fourth-order valence-corrected chi connectivity index (χ4v) is 6.54. The Balaban J connectivity index is 2.52. The van der Waals surface area contributed by atoms with Crippen LogP contribution in [-0.4, -0.2) is 87.4 Å². The third kappa shape index (κ3) is 14.1. The van der Waals surface area contributed by atoms with Crippen LogP contribution < -0.4 is 9.47 Å². The molecule has 65 heavy (non-hydrogen) atoms. The maximum absolute atomic E-state index is 14.1.